The Kier molecular flexibility index (Phi) is 6.00. The number of nitrogens with two attached hydrogens (primary N) is 1. The fraction of sp³-hybridized carbons (Fsp3) is 0.385. The minimum Gasteiger partial charge on any atom is -0.480 e. The molecule has 0 unspecified atom stereocenters. The van der Waals surface area contributed by atoms with E-state index in [2.05, 4.69) is 10.1 Å². The van der Waals surface area contributed by atoms with Crippen LogP contribution in [-0.2, 0) is 34.3 Å². The number of amides is 2. The summed E-state index contributed by atoms with van der Waals surface area (Å²) in [5.41, 5.74) is 2.79. The van der Waals surface area contributed by atoms with Crippen molar-refractivity contribution in [2.75, 3.05) is 5.73 Å². The lowest BCUT2D eigenvalue weighted by atomic mass is 9.98. The molecule has 0 aromatic carbocycles. The van der Waals surface area contributed by atoms with Gasteiger partial charge in [0.25, 0.3) is 11.8 Å². The maximum absolute atomic E-state index is 12.6. The number of aliphatic carboxylic acids is 2. The molecule has 1 saturated heterocycles. The number of thiazole rings is 1. The maximum Gasteiger partial charge on any atom is 0.363 e. The van der Waals surface area contributed by atoms with Crippen LogP contribution in [0.4, 0.5) is 5.13 Å². The lowest BCUT2D eigenvalue weighted by Gasteiger charge is -2.41. The van der Waals surface area contributed by atoms with Crippen molar-refractivity contribution in [3.8, 4) is 0 Å². The molecule has 15 nitrogen and oxygen atoms in total. The van der Waals surface area contributed by atoms with E-state index in [-0.39, 0.29) is 15.1 Å². The number of aromatic nitrogens is 1. The number of rotatable bonds is 8. The van der Waals surface area contributed by atoms with Gasteiger partial charge in [-0.05, 0) is 13.8 Å². The molecule has 6 N–H and O–H groups in total. The fourth-order valence-electron chi connectivity index (χ4n) is 2.11. The van der Waals surface area contributed by atoms with E-state index in [1.807, 2.05) is 5.32 Å². The van der Waals surface area contributed by atoms with Gasteiger partial charge in [0.1, 0.15) is 11.7 Å². The third-order valence-electron chi connectivity index (χ3n) is 3.70. The van der Waals surface area contributed by atoms with Crippen LogP contribution in [0.5, 0.6) is 0 Å². The summed E-state index contributed by atoms with van der Waals surface area (Å²) in [7, 11) is -5.18. The average molecular weight is 465 g/mol. The summed E-state index contributed by atoms with van der Waals surface area (Å²) in [4.78, 5) is 55.6. The molecule has 0 aliphatic carbocycles. The van der Waals surface area contributed by atoms with Crippen LogP contribution in [0.1, 0.15) is 19.5 Å². The Bertz CT molecular complexity index is 1050. The molecule has 1 aromatic rings. The zero-order chi connectivity index (χ0) is 23.0. The number of nitrogens with zero attached hydrogens (tertiary/aromatic N) is 3. The molecule has 2 heterocycles. The van der Waals surface area contributed by atoms with Gasteiger partial charge in [-0.3, -0.25) is 14.1 Å². The maximum atomic E-state index is 12.6. The monoisotopic (exact) mass is 465 g/mol. The number of carbonyl (C=O) groups is 4. The van der Waals surface area contributed by atoms with Crippen molar-refractivity contribution < 1.29 is 47.2 Å². The quantitative estimate of drug-likeness (QED) is 0.120. The van der Waals surface area contributed by atoms with Crippen LogP contribution < -0.4 is 11.1 Å². The highest BCUT2D eigenvalue weighted by Gasteiger charge is 2.58. The van der Waals surface area contributed by atoms with E-state index in [1.165, 1.54) is 5.38 Å². The topological polar surface area (TPSA) is 239 Å². The number of hydrogen-bond acceptors (Lipinski definition) is 11. The number of carboxylic acid groups (broad SMARTS) is 2. The largest absolute Gasteiger partial charge is 0.480 e. The molecule has 2 atom stereocenters. The van der Waals surface area contributed by atoms with Gasteiger partial charge in [-0.2, -0.15) is 12.7 Å². The lowest BCUT2D eigenvalue weighted by Crippen LogP contribution is -2.74. The lowest BCUT2D eigenvalue weighted by molar-refractivity contribution is -0.161. The number of carboxylic acids is 2. The van der Waals surface area contributed by atoms with Crippen molar-refractivity contribution >= 4 is 56.2 Å². The number of nitrogens with one attached hydrogen (secondary N) is 1. The van der Waals surface area contributed by atoms with Gasteiger partial charge < -0.3 is 26.1 Å². The summed E-state index contributed by atoms with van der Waals surface area (Å²) >= 11 is 0.890. The molecule has 0 saturated carbocycles. The number of β-lactam (4-membered cyclic amide) rings is 1. The predicted molar refractivity (Wildman–Crippen MR) is 97.6 cm³/mol. The first-order valence-corrected chi connectivity index (χ1v) is 9.99. The molecule has 17 heteroatoms. The molecular formula is C13H15N5O10S2. The molecule has 2 rings (SSSR count). The van der Waals surface area contributed by atoms with Gasteiger partial charge in [0, 0.05) is 5.38 Å². The van der Waals surface area contributed by atoms with Crippen LogP contribution in [0.15, 0.2) is 10.5 Å². The highest BCUT2D eigenvalue weighted by Crippen LogP contribution is 2.24. The third-order valence-corrected chi connectivity index (χ3v) is 5.28. The molecule has 1 aromatic heterocycles. The van der Waals surface area contributed by atoms with Gasteiger partial charge in [0.05, 0.1) is 0 Å². The first-order chi connectivity index (χ1) is 13.7. The molecule has 1 fully saturated rings. The zero-order valence-corrected chi connectivity index (χ0v) is 16.8. The van der Waals surface area contributed by atoms with Crippen molar-refractivity contribution in [2.24, 2.45) is 5.16 Å². The van der Waals surface area contributed by atoms with E-state index in [0.717, 1.165) is 25.2 Å². The van der Waals surface area contributed by atoms with E-state index in [9.17, 15) is 27.6 Å². The van der Waals surface area contributed by atoms with Crippen molar-refractivity contribution in [3.05, 3.63) is 11.1 Å². The third kappa shape index (κ3) is 4.47. The summed E-state index contributed by atoms with van der Waals surface area (Å²) in [6.45, 7) is 2.26. The summed E-state index contributed by atoms with van der Waals surface area (Å²) < 4.78 is 31.0. The molecule has 0 spiro atoms. The number of carbonyl (C=O) groups excluding carboxylic acids is 2. The smallest absolute Gasteiger partial charge is 0.363 e. The van der Waals surface area contributed by atoms with Gasteiger partial charge in [-0.25, -0.2) is 14.6 Å². The molecule has 1 aliphatic heterocycles. The number of anilines is 1. The average Bonchev–Trinajstić information content (AvgIpc) is 3.01. The van der Waals surface area contributed by atoms with Crippen LogP contribution in [-0.4, -0.2) is 79.6 Å². The van der Waals surface area contributed by atoms with E-state index in [4.69, 9.17) is 25.3 Å². The van der Waals surface area contributed by atoms with Crippen LogP contribution in [0.3, 0.4) is 0 Å². The molecule has 2 amide bonds. The Morgan fingerprint density at radius 2 is 1.97 bits per heavy atom. The zero-order valence-electron chi connectivity index (χ0n) is 15.2. The van der Waals surface area contributed by atoms with Crippen molar-refractivity contribution in [1.82, 2.24) is 14.6 Å². The second kappa shape index (κ2) is 7.84. The Morgan fingerprint density at radius 3 is 2.40 bits per heavy atom. The van der Waals surface area contributed by atoms with Crippen LogP contribution >= 0.6 is 11.3 Å². The SMILES string of the molecule is CC(C)(O/N=C(\C(=O)N[C@H]1C(=O)N(S(=O)(=O)O)[C@H]1C(=O)O)c1csc(N)n1)C(=O)O. The van der Waals surface area contributed by atoms with Gasteiger partial charge in [0.15, 0.2) is 16.9 Å². The summed E-state index contributed by atoms with van der Waals surface area (Å²) in [6.07, 6.45) is 0. The second-order valence-corrected chi connectivity index (χ2v) is 8.44. The predicted octanol–water partition coefficient (Wildman–Crippen LogP) is -2.11. The number of nitrogen functional groups attached to an aromatic ring is 1. The van der Waals surface area contributed by atoms with E-state index in [0.29, 0.717) is 0 Å². The van der Waals surface area contributed by atoms with Crippen LogP contribution in [0.25, 0.3) is 0 Å². The molecule has 30 heavy (non-hydrogen) atoms. The minimum atomic E-state index is -5.18. The van der Waals surface area contributed by atoms with Crippen molar-refractivity contribution in [2.45, 2.75) is 31.5 Å². The standard InChI is InChI=1S/C13H15N5O10S2/c1-13(2,11(23)24)28-17-5(4-3-29-12(14)15-4)8(19)16-6-7(10(21)22)18(9(6)20)30(25,26)27/h3,6-7H,1-2H3,(H2,14,15)(H,16,19)(H,21,22)(H,23,24)(H,25,26,27)/b17-5-/t6-,7-/m1/s1. The van der Waals surface area contributed by atoms with Crippen molar-refractivity contribution in [1.29, 1.82) is 0 Å². The van der Waals surface area contributed by atoms with E-state index in [1.54, 1.807) is 0 Å². The molecule has 0 bridgehead atoms. The highest BCUT2D eigenvalue weighted by molar-refractivity contribution is 7.84. The van der Waals surface area contributed by atoms with Gasteiger partial charge in [0.2, 0.25) is 5.60 Å². The van der Waals surface area contributed by atoms with Gasteiger partial charge in [-0.15, -0.1) is 11.3 Å². The number of oxime groups is 1. The summed E-state index contributed by atoms with van der Waals surface area (Å²) in [5, 5.41) is 24.9. The van der Waals surface area contributed by atoms with Gasteiger partial charge in [-0.1, -0.05) is 5.16 Å². The summed E-state index contributed by atoms with van der Waals surface area (Å²) in [5.74, 6) is -5.90. The molecular weight excluding hydrogens is 450 g/mol. The fourth-order valence-corrected chi connectivity index (χ4v) is 3.50. The van der Waals surface area contributed by atoms with E-state index >= 15 is 0 Å². The normalized spacial score (nSPS) is 19.8. The molecule has 0 radical (unpaired) electrons. The van der Waals surface area contributed by atoms with E-state index < -0.39 is 57.5 Å². The van der Waals surface area contributed by atoms with Crippen LogP contribution in [0.2, 0.25) is 0 Å². The first-order valence-electron chi connectivity index (χ1n) is 7.72. The summed E-state index contributed by atoms with van der Waals surface area (Å²) in [6, 6.07) is -3.99. The van der Waals surface area contributed by atoms with Gasteiger partial charge >= 0.3 is 22.2 Å². The Hall–Kier alpha value is -3.31. The van der Waals surface area contributed by atoms with Crippen LogP contribution in [0, 0.1) is 0 Å². The Morgan fingerprint density at radius 1 is 1.37 bits per heavy atom. The second-order valence-electron chi connectivity index (χ2n) is 6.26. The highest BCUT2D eigenvalue weighted by atomic mass is 32.2. The Labute approximate surface area is 172 Å². The minimum absolute atomic E-state index is 0.00340. The molecule has 1 aliphatic rings. The van der Waals surface area contributed by atoms with Crippen molar-refractivity contribution in [3.63, 3.8) is 0 Å². The Balaban J connectivity index is 2.34. The number of hydrogen-bond donors (Lipinski definition) is 5. The first kappa shape index (κ1) is 23.0. The molecule has 164 valence electrons.